The van der Waals surface area contributed by atoms with Gasteiger partial charge in [-0.2, -0.15) is 0 Å². The predicted molar refractivity (Wildman–Crippen MR) is 87.7 cm³/mol. The molecule has 4 rings (SSSR count). The Morgan fingerprint density at radius 3 is 2.65 bits per heavy atom. The highest BCUT2D eigenvalue weighted by Gasteiger charge is 2.11. The quantitative estimate of drug-likeness (QED) is 0.477. The fraction of sp³-hybridized carbons (Fsp3) is 0. The molecule has 0 fully saturated rings. The van der Waals surface area contributed by atoms with Crippen molar-refractivity contribution in [2.45, 2.75) is 0 Å². The maximum atomic E-state index is 4.77. The molecule has 0 bridgehead atoms. The Kier molecular flexibility index (Phi) is 2.66. The molecular weight excluding hydrogens is 363 g/mol. The van der Waals surface area contributed by atoms with Crippen molar-refractivity contribution in [2.75, 3.05) is 0 Å². The summed E-state index contributed by atoms with van der Waals surface area (Å²) in [5.74, 6) is 0. The summed E-state index contributed by atoms with van der Waals surface area (Å²) in [6.45, 7) is 0. The van der Waals surface area contributed by atoms with E-state index < -0.39 is 0 Å². The summed E-state index contributed by atoms with van der Waals surface area (Å²) < 4.78 is 2.07. The van der Waals surface area contributed by atoms with Gasteiger partial charge in [0.15, 0.2) is 5.65 Å². The molecule has 96 valence electrons. The van der Waals surface area contributed by atoms with Gasteiger partial charge >= 0.3 is 0 Å². The number of hydrogen-bond donors (Lipinski definition) is 0. The van der Waals surface area contributed by atoms with Crippen molar-refractivity contribution in [3.05, 3.63) is 55.1 Å². The third-order valence-electron chi connectivity index (χ3n) is 3.32. The lowest BCUT2D eigenvalue weighted by atomic mass is 10.1. The summed E-state index contributed by atoms with van der Waals surface area (Å²) in [5.41, 5.74) is 4.04. The van der Waals surface area contributed by atoms with Gasteiger partial charge in [-0.05, 0) is 30.3 Å². The van der Waals surface area contributed by atoms with E-state index in [9.17, 15) is 0 Å². The normalized spacial score (nSPS) is 11.2. The van der Waals surface area contributed by atoms with E-state index in [0.717, 1.165) is 33.2 Å². The first-order chi connectivity index (χ1) is 9.84. The van der Waals surface area contributed by atoms with E-state index in [2.05, 4.69) is 41.7 Å². The van der Waals surface area contributed by atoms with Crippen LogP contribution in [0.2, 0.25) is 0 Å². The summed E-state index contributed by atoms with van der Waals surface area (Å²) in [7, 11) is 0. The van der Waals surface area contributed by atoms with Crippen LogP contribution in [0.3, 0.4) is 0 Å². The number of rotatable bonds is 1. The lowest BCUT2D eigenvalue weighted by Crippen LogP contribution is -1.87. The molecule has 0 aliphatic carbocycles. The highest BCUT2D eigenvalue weighted by Crippen LogP contribution is 2.30. The van der Waals surface area contributed by atoms with E-state index in [4.69, 9.17) is 4.98 Å². The summed E-state index contributed by atoms with van der Waals surface area (Å²) in [6.07, 6.45) is 7.29. The first-order valence-corrected chi connectivity index (χ1v) is 7.13. The van der Waals surface area contributed by atoms with Gasteiger partial charge in [0.1, 0.15) is 0 Å². The average molecular weight is 372 g/mol. The Morgan fingerprint density at radius 1 is 0.900 bits per heavy atom. The van der Waals surface area contributed by atoms with Crippen molar-refractivity contribution in [3.8, 4) is 11.3 Å². The molecule has 0 amide bonds. The zero-order chi connectivity index (χ0) is 13.5. The van der Waals surface area contributed by atoms with Gasteiger partial charge in [0.2, 0.25) is 0 Å². The molecular formula is C15H9IN4. The van der Waals surface area contributed by atoms with Crippen LogP contribution in [0.1, 0.15) is 0 Å². The summed E-state index contributed by atoms with van der Waals surface area (Å²) in [6, 6.07) is 10.1. The molecule has 0 saturated carbocycles. The first kappa shape index (κ1) is 11.8. The predicted octanol–water partition coefficient (Wildman–Crippen LogP) is 3.84. The molecule has 4 nitrogen and oxygen atoms in total. The van der Waals surface area contributed by atoms with Crippen LogP contribution >= 0.6 is 22.9 Å². The minimum Gasteiger partial charge on any atom is -0.265 e. The summed E-state index contributed by atoms with van der Waals surface area (Å²) in [4.78, 5) is 13.1. The second-order valence-electron chi connectivity index (χ2n) is 4.48. The number of hydrogen-bond acceptors (Lipinski definition) is 3. The monoisotopic (exact) mass is 372 g/mol. The van der Waals surface area contributed by atoms with Crippen LogP contribution in [-0.2, 0) is 0 Å². The van der Waals surface area contributed by atoms with E-state index in [1.165, 1.54) is 0 Å². The number of pyridine rings is 3. The Balaban J connectivity index is 2.05. The third-order valence-corrected chi connectivity index (χ3v) is 4.29. The van der Waals surface area contributed by atoms with Crippen molar-refractivity contribution in [3.63, 3.8) is 0 Å². The van der Waals surface area contributed by atoms with E-state index in [-0.39, 0.29) is 0 Å². The second kappa shape index (κ2) is 4.52. The van der Waals surface area contributed by atoms with Gasteiger partial charge in [-0.3, -0.25) is 12.7 Å². The van der Waals surface area contributed by atoms with Gasteiger partial charge in [-0.25, -0.2) is 4.98 Å². The fourth-order valence-corrected chi connectivity index (χ4v) is 3.15. The van der Waals surface area contributed by atoms with Gasteiger partial charge in [-0.1, -0.05) is 0 Å². The molecule has 20 heavy (non-hydrogen) atoms. The van der Waals surface area contributed by atoms with Gasteiger partial charge < -0.3 is 0 Å². The molecule has 0 unspecified atom stereocenters. The van der Waals surface area contributed by atoms with Gasteiger partial charge in [0.25, 0.3) is 0 Å². The lowest BCUT2D eigenvalue weighted by Gasteiger charge is -2.01. The minimum absolute atomic E-state index is 0.930. The number of halogens is 1. The molecule has 0 aliphatic rings. The molecule has 0 radical (unpaired) electrons. The van der Waals surface area contributed by atoms with Crippen molar-refractivity contribution >= 4 is 44.8 Å². The number of aromatic nitrogens is 4. The van der Waals surface area contributed by atoms with Gasteiger partial charge in [0.05, 0.1) is 34.1 Å². The molecule has 0 aliphatic heterocycles. The van der Waals surface area contributed by atoms with E-state index in [0.29, 0.717) is 0 Å². The van der Waals surface area contributed by atoms with Crippen molar-refractivity contribution in [2.24, 2.45) is 0 Å². The Hall–Kier alpha value is -2.02. The maximum Gasteiger partial charge on any atom is 0.150 e. The van der Waals surface area contributed by atoms with Crippen LogP contribution in [0, 0.1) is 0 Å². The largest absolute Gasteiger partial charge is 0.265 e. The second-order valence-corrected chi connectivity index (χ2v) is 5.45. The molecule has 0 saturated heterocycles. The number of nitrogens with zero attached hydrogens (tertiary/aromatic N) is 4. The van der Waals surface area contributed by atoms with Crippen LogP contribution in [0.5, 0.6) is 0 Å². The maximum absolute atomic E-state index is 4.77. The molecule has 5 heteroatoms. The minimum atomic E-state index is 0.930. The highest BCUT2D eigenvalue weighted by molar-refractivity contribution is 14.1. The average Bonchev–Trinajstić information content (AvgIpc) is 2.81. The Morgan fingerprint density at radius 2 is 1.80 bits per heavy atom. The molecule has 4 heterocycles. The molecule has 0 atom stereocenters. The van der Waals surface area contributed by atoms with Crippen LogP contribution in [-0.4, -0.2) is 17.7 Å². The van der Waals surface area contributed by atoms with Crippen LogP contribution in [0.4, 0.5) is 0 Å². The van der Waals surface area contributed by atoms with E-state index in [1.54, 1.807) is 12.4 Å². The SMILES string of the molecule is In1c2ccncc2c2ccc(-c3cccnc3)nc21. The summed E-state index contributed by atoms with van der Waals surface area (Å²) >= 11 is 2.28. The molecule has 4 aromatic heterocycles. The standard InChI is InChI=1S/C15H9IN4/c16-20-14-5-7-18-9-12(14)11-3-4-13(19-15(11)20)10-2-1-6-17-8-10/h1-9H. The topological polar surface area (TPSA) is 43.6 Å². The number of fused-ring (bicyclic) bond motifs is 3. The smallest absolute Gasteiger partial charge is 0.150 e. The van der Waals surface area contributed by atoms with Crippen LogP contribution in [0.25, 0.3) is 33.2 Å². The lowest BCUT2D eigenvalue weighted by molar-refractivity contribution is 1.28. The van der Waals surface area contributed by atoms with E-state index in [1.807, 2.05) is 36.7 Å². The first-order valence-electron chi connectivity index (χ1n) is 6.16. The third kappa shape index (κ3) is 1.70. The van der Waals surface area contributed by atoms with Crippen molar-refractivity contribution in [1.82, 2.24) is 17.7 Å². The van der Waals surface area contributed by atoms with Crippen LogP contribution in [0.15, 0.2) is 55.1 Å². The Bertz CT molecular complexity index is 915. The zero-order valence-corrected chi connectivity index (χ0v) is 12.5. The fourth-order valence-electron chi connectivity index (χ4n) is 2.36. The molecule has 4 aromatic rings. The van der Waals surface area contributed by atoms with E-state index >= 15 is 0 Å². The van der Waals surface area contributed by atoms with Crippen LogP contribution < -0.4 is 0 Å². The summed E-state index contributed by atoms with van der Waals surface area (Å²) in [5, 5.41) is 2.25. The molecule has 0 aromatic carbocycles. The Labute approximate surface area is 129 Å². The van der Waals surface area contributed by atoms with Gasteiger partial charge in [-0.15, -0.1) is 0 Å². The molecule has 0 N–H and O–H groups in total. The van der Waals surface area contributed by atoms with Gasteiger partial charge in [0, 0.05) is 41.1 Å². The van der Waals surface area contributed by atoms with Crippen molar-refractivity contribution in [1.29, 1.82) is 0 Å². The molecule has 0 spiro atoms. The highest BCUT2D eigenvalue weighted by atomic mass is 127. The zero-order valence-electron chi connectivity index (χ0n) is 10.4. The van der Waals surface area contributed by atoms with Crippen molar-refractivity contribution < 1.29 is 0 Å².